The summed E-state index contributed by atoms with van der Waals surface area (Å²) in [4.78, 5) is 39.4. The Hall–Kier alpha value is -1.48. The Morgan fingerprint density at radius 2 is 1.20 bits per heavy atom. The third-order valence-electron chi connectivity index (χ3n) is 1.85. The molecule has 0 aromatic rings. The lowest BCUT2D eigenvalue weighted by atomic mass is 10.4. The first-order valence-electron chi connectivity index (χ1n) is 6.39. The molecule has 0 saturated heterocycles. The Bertz CT molecular complexity index is 261. The molecule has 0 N–H and O–H groups in total. The molecule has 0 spiro atoms. The van der Waals surface area contributed by atoms with Crippen molar-refractivity contribution in [2.45, 2.75) is 39.5 Å². The lowest BCUT2D eigenvalue weighted by Gasteiger charge is -2.00. The monoisotopic (exact) mass is 292 g/mol. The number of unbranched alkanes of at least 4 members (excludes halogenated alkanes) is 2. The van der Waals surface area contributed by atoms with Gasteiger partial charge in [-0.3, -0.25) is 9.78 Å². The smallest absolute Gasteiger partial charge is 0.264 e. The third kappa shape index (κ3) is 13.0. The van der Waals surface area contributed by atoms with Crippen LogP contribution in [0.1, 0.15) is 39.5 Å². The Balaban J connectivity index is 3.54. The van der Waals surface area contributed by atoms with Crippen molar-refractivity contribution in [1.29, 1.82) is 0 Å². The quantitative estimate of drug-likeness (QED) is 0.233. The Kier molecular flexibility index (Phi) is 12.9. The van der Waals surface area contributed by atoms with Crippen molar-refractivity contribution >= 4 is 11.9 Å². The van der Waals surface area contributed by atoms with E-state index in [1.165, 1.54) is 0 Å². The molecule has 0 bridgehead atoms. The van der Waals surface area contributed by atoms with Gasteiger partial charge in [0.2, 0.25) is 0 Å². The van der Waals surface area contributed by atoms with Crippen LogP contribution >= 0.6 is 0 Å². The van der Waals surface area contributed by atoms with Crippen LogP contribution in [-0.2, 0) is 39.2 Å². The second kappa shape index (κ2) is 13.9. The standard InChI is InChI=1S/C12H20O8/c1-3-5-9-15-19-17-11(13)7-8-12(14)18-20-16-10-6-4-2/h7-8H,3-6,9-10H2,1-2H3/b8-7+. The SMILES string of the molecule is CCCCOOOC(=O)/C=C/C(=O)OOOCCCC. The van der Waals surface area contributed by atoms with Crippen molar-refractivity contribution in [2.24, 2.45) is 0 Å². The predicted octanol–water partition coefficient (Wildman–Crippen LogP) is 1.96. The molecule has 0 atom stereocenters. The summed E-state index contributed by atoms with van der Waals surface area (Å²) in [6.45, 7) is 4.55. The maximum atomic E-state index is 11.0. The predicted molar refractivity (Wildman–Crippen MR) is 65.2 cm³/mol. The molecule has 0 aromatic heterocycles. The van der Waals surface area contributed by atoms with Gasteiger partial charge in [0.15, 0.2) is 0 Å². The van der Waals surface area contributed by atoms with E-state index in [1.807, 2.05) is 13.8 Å². The Labute approximate surface area is 117 Å². The molecule has 0 aliphatic carbocycles. The molecular weight excluding hydrogens is 272 g/mol. The largest absolute Gasteiger partial charge is 0.369 e. The van der Waals surface area contributed by atoms with Gasteiger partial charge in [0, 0.05) is 12.2 Å². The van der Waals surface area contributed by atoms with Crippen molar-refractivity contribution in [1.82, 2.24) is 0 Å². The normalized spacial score (nSPS) is 10.7. The molecule has 0 aromatic carbocycles. The van der Waals surface area contributed by atoms with Crippen LogP contribution in [0.5, 0.6) is 0 Å². The highest BCUT2D eigenvalue weighted by Gasteiger charge is 2.03. The molecule has 8 heteroatoms. The van der Waals surface area contributed by atoms with E-state index < -0.39 is 11.9 Å². The van der Waals surface area contributed by atoms with Crippen LogP contribution in [-0.4, -0.2) is 25.2 Å². The van der Waals surface area contributed by atoms with Gasteiger partial charge in [0.25, 0.3) is 0 Å². The summed E-state index contributed by atoms with van der Waals surface area (Å²) in [7, 11) is 0. The van der Waals surface area contributed by atoms with Crippen molar-refractivity contribution in [3.05, 3.63) is 12.2 Å². The molecule has 0 heterocycles. The van der Waals surface area contributed by atoms with Crippen molar-refractivity contribution < 1.29 is 39.2 Å². The summed E-state index contributed by atoms with van der Waals surface area (Å²) in [6.07, 6.45) is 4.97. The molecule has 0 fully saturated rings. The van der Waals surface area contributed by atoms with Gasteiger partial charge < -0.3 is 0 Å². The summed E-state index contributed by atoms with van der Waals surface area (Å²) in [5.41, 5.74) is 0. The molecule has 116 valence electrons. The van der Waals surface area contributed by atoms with E-state index in [-0.39, 0.29) is 0 Å². The zero-order chi connectivity index (χ0) is 15.1. The summed E-state index contributed by atoms with van der Waals surface area (Å²) < 4.78 is 0. The topological polar surface area (TPSA) is 89.5 Å². The second-order valence-corrected chi connectivity index (χ2v) is 3.63. The van der Waals surface area contributed by atoms with Crippen molar-refractivity contribution in [2.75, 3.05) is 13.2 Å². The third-order valence-corrected chi connectivity index (χ3v) is 1.85. The number of rotatable bonds is 12. The average Bonchev–Trinajstić information content (AvgIpc) is 2.44. The number of hydrogen-bond donors (Lipinski definition) is 0. The fourth-order valence-electron chi connectivity index (χ4n) is 0.781. The molecule has 0 unspecified atom stereocenters. The van der Waals surface area contributed by atoms with E-state index in [0.29, 0.717) is 13.2 Å². The Morgan fingerprint density at radius 3 is 1.55 bits per heavy atom. The van der Waals surface area contributed by atoms with Gasteiger partial charge in [-0.2, -0.15) is 9.78 Å². The molecular formula is C12H20O8. The fraction of sp³-hybridized carbons (Fsp3) is 0.667. The van der Waals surface area contributed by atoms with Crippen LogP contribution in [0.15, 0.2) is 12.2 Å². The van der Waals surface area contributed by atoms with Gasteiger partial charge in [0.05, 0.1) is 13.2 Å². The Morgan fingerprint density at radius 1 is 0.800 bits per heavy atom. The number of hydrogen-bond acceptors (Lipinski definition) is 8. The van der Waals surface area contributed by atoms with Gasteiger partial charge in [0.1, 0.15) is 0 Å². The zero-order valence-corrected chi connectivity index (χ0v) is 11.7. The first-order valence-corrected chi connectivity index (χ1v) is 6.39. The second-order valence-electron chi connectivity index (χ2n) is 3.63. The van der Waals surface area contributed by atoms with Gasteiger partial charge in [-0.25, -0.2) is 9.59 Å². The molecule has 0 saturated carbocycles. The van der Waals surface area contributed by atoms with E-state index in [1.54, 1.807) is 0 Å². The van der Waals surface area contributed by atoms with Crippen molar-refractivity contribution in [3.8, 4) is 0 Å². The van der Waals surface area contributed by atoms with Crippen LogP contribution < -0.4 is 0 Å². The molecule has 0 aliphatic heterocycles. The fourth-order valence-corrected chi connectivity index (χ4v) is 0.781. The van der Waals surface area contributed by atoms with E-state index >= 15 is 0 Å². The lowest BCUT2D eigenvalue weighted by Crippen LogP contribution is -2.07. The zero-order valence-electron chi connectivity index (χ0n) is 11.7. The van der Waals surface area contributed by atoms with Crippen LogP contribution in [0, 0.1) is 0 Å². The first-order chi connectivity index (χ1) is 9.70. The maximum absolute atomic E-state index is 11.0. The van der Waals surface area contributed by atoms with E-state index in [0.717, 1.165) is 37.8 Å². The number of carbonyl (C=O) groups is 2. The summed E-state index contributed by atoms with van der Waals surface area (Å²) >= 11 is 0. The van der Waals surface area contributed by atoms with E-state index in [9.17, 15) is 9.59 Å². The maximum Gasteiger partial charge on any atom is 0.369 e. The minimum Gasteiger partial charge on any atom is -0.264 e. The summed E-state index contributed by atoms with van der Waals surface area (Å²) in [6, 6.07) is 0. The minimum absolute atomic E-state index is 0.304. The van der Waals surface area contributed by atoms with Crippen molar-refractivity contribution in [3.63, 3.8) is 0 Å². The number of carbonyl (C=O) groups excluding carboxylic acids is 2. The lowest BCUT2D eigenvalue weighted by molar-refractivity contribution is -0.485. The van der Waals surface area contributed by atoms with Gasteiger partial charge >= 0.3 is 11.9 Å². The van der Waals surface area contributed by atoms with E-state index in [2.05, 4.69) is 29.6 Å². The van der Waals surface area contributed by atoms with E-state index in [4.69, 9.17) is 0 Å². The average molecular weight is 292 g/mol. The van der Waals surface area contributed by atoms with Crippen LogP contribution in [0.3, 0.4) is 0 Å². The van der Waals surface area contributed by atoms with Crippen LogP contribution in [0.2, 0.25) is 0 Å². The molecule has 0 amide bonds. The minimum atomic E-state index is -0.926. The highest BCUT2D eigenvalue weighted by Crippen LogP contribution is 1.93. The summed E-state index contributed by atoms with van der Waals surface area (Å²) in [5, 5.41) is 8.29. The molecule has 0 rings (SSSR count). The molecule has 0 radical (unpaired) electrons. The van der Waals surface area contributed by atoms with Gasteiger partial charge in [-0.15, -0.1) is 0 Å². The van der Waals surface area contributed by atoms with Crippen LogP contribution in [0.4, 0.5) is 0 Å². The van der Waals surface area contributed by atoms with Crippen LogP contribution in [0.25, 0.3) is 0 Å². The molecule has 0 aliphatic rings. The first kappa shape index (κ1) is 18.5. The van der Waals surface area contributed by atoms with Gasteiger partial charge in [-0.05, 0) is 22.9 Å². The highest BCUT2D eigenvalue weighted by molar-refractivity contribution is 5.91. The highest BCUT2D eigenvalue weighted by atomic mass is 17.5. The van der Waals surface area contributed by atoms with Gasteiger partial charge in [-0.1, -0.05) is 26.7 Å². The summed E-state index contributed by atoms with van der Waals surface area (Å²) in [5.74, 6) is -1.85. The molecule has 20 heavy (non-hydrogen) atoms. The molecule has 8 nitrogen and oxygen atoms in total.